The molecule has 1 atom stereocenters. The first-order valence-corrected chi connectivity index (χ1v) is 13.1. The maximum Gasteiger partial charge on any atom is 0.339 e. The second kappa shape index (κ2) is 10.1. The number of carboxylic acid groups (broad SMARTS) is 1. The van der Waals surface area contributed by atoms with Crippen molar-refractivity contribution in [2.45, 2.75) is 18.8 Å². The van der Waals surface area contributed by atoms with Crippen LogP contribution in [0, 0.1) is 0 Å². The Morgan fingerprint density at radius 2 is 1.10 bits per heavy atom. The van der Waals surface area contributed by atoms with Crippen molar-refractivity contribution in [3.05, 3.63) is 161 Å². The first-order chi connectivity index (χ1) is 19.0. The Balaban J connectivity index is 1.68. The summed E-state index contributed by atoms with van der Waals surface area (Å²) in [5.74, 6) is -1.80. The molecule has 0 aromatic heterocycles. The van der Waals surface area contributed by atoms with E-state index < -0.39 is 5.97 Å². The molecule has 6 aromatic carbocycles. The van der Waals surface area contributed by atoms with Gasteiger partial charge in [-0.1, -0.05) is 128 Å². The average molecular weight is 509 g/mol. The lowest BCUT2D eigenvalue weighted by Gasteiger charge is -2.25. The number of rotatable bonds is 6. The summed E-state index contributed by atoms with van der Waals surface area (Å²) in [6, 6.07) is 42.6. The number of hydrogen-bond acceptors (Lipinski definition) is 2. The predicted octanol–water partition coefficient (Wildman–Crippen LogP) is 8.73. The summed E-state index contributed by atoms with van der Waals surface area (Å²) in [5.41, 5.74) is 4.52. The second-order valence-electron chi connectivity index (χ2n) is 10.0. The van der Waals surface area contributed by atoms with Crippen molar-refractivity contribution in [1.29, 1.82) is 0 Å². The lowest BCUT2D eigenvalue weighted by molar-refractivity contribution is 0.0693. The van der Waals surface area contributed by atoms with Crippen LogP contribution < -0.4 is 0 Å². The minimum atomic E-state index is -1.15. The van der Waals surface area contributed by atoms with Crippen LogP contribution in [0.1, 0.15) is 56.9 Å². The summed E-state index contributed by atoms with van der Waals surface area (Å²) in [5, 5.41) is 25.8. The van der Waals surface area contributed by atoms with Crippen molar-refractivity contribution in [3.8, 4) is 5.75 Å². The largest absolute Gasteiger partial charge is 0.507 e. The van der Waals surface area contributed by atoms with E-state index in [0.29, 0.717) is 5.56 Å². The van der Waals surface area contributed by atoms with Crippen molar-refractivity contribution in [1.82, 2.24) is 0 Å². The van der Waals surface area contributed by atoms with Crippen molar-refractivity contribution in [3.63, 3.8) is 0 Å². The molecule has 0 amide bonds. The van der Waals surface area contributed by atoms with Crippen LogP contribution in [0.15, 0.2) is 127 Å². The summed E-state index contributed by atoms with van der Waals surface area (Å²) in [4.78, 5) is 12.4. The van der Waals surface area contributed by atoms with Crippen LogP contribution in [0.5, 0.6) is 5.75 Å². The molecule has 0 spiro atoms. The summed E-state index contributed by atoms with van der Waals surface area (Å²) in [6.07, 6.45) is 0. The first-order valence-electron chi connectivity index (χ1n) is 13.1. The third-order valence-electron chi connectivity index (χ3n) is 7.76. The lowest BCUT2D eigenvalue weighted by Crippen LogP contribution is -2.10. The van der Waals surface area contributed by atoms with E-state index in [1.807, 2.05) is 67.6 Å². The normalized spacial score (nSPS) is 12.2. The van der Waals surface area contributed by atoms with Crippen molar-refractivity contribution < 1.29 is 15.0 Å². The fraction of sp³-hybridized carbons (Fsp3) is 0.0833. The summed E-state index contributed by atoms with van der Waals surface area (Å²) >= 11 is 0. The summed E-state index contributed by atoms with van der Waals surface area (Å²) in [6.45, 7) is 2.00. The molecule has 0 fully saturated rings. The molecule has 6 rings (SSSR count). The molecule has 190 valence electrons. The molecule has 0 aliphatic rings. The van der Waals surface area contributed by atoms with Gasteiger partial charge in [0.05, 0.1) is 0 Å². The number of benzene rings is 6. The number of aromatic hydroxyl groups is 1. The van der Waals surface area contributed by atoms with Crippen LogP contribution in [0.4, 0.5) is 0 Å². The number of hydrogen-bond donors (Lipinski definition) is 2. The van der Waals surface area contributed by atoms with Gasteiger partial charge in [0.2, 0.25) is 0 Å². The molecule has 0 saturated carbocycles. The molecule has 0 aliphatic carbocycles. The van der Waals surface area contributed by atoms with Crippen LogP contribution in [0.25, 0.3) is 21.5 Å². The molecule has 0 saturated heterocycles. The Kier molecular flexibility index (Phi) is 6.34. The number of fused-ring (bicyclic) bond motifs is 2. The second-order valence-corrected chi connectivity index (χ2v) is 10.0. The van der Waals surface area contributed by atoms with Gasteiger partial charge in [0, 0.05) is 17.4 Å². The molecule has 6 aromatic rings. The highest BCUT2D eigenvalue weighted by molar-refractivity contribution is 5.94. The fourth-order valence-corrected chi connectivity index (χ4v) is 5.79. The predicted molar refractivity (Wildman–Crippen MR) is 158 cm³/mol. The summed E-state index contributed by atoms with van der Waals surface area (Å²) < 4.78 is 0. The molecule has 39 heavy (non-hydrogen) atoms. The van der Waals surface area contributed by atoms with E-state index in [4.69, 9.17) is 0 Å². The van der Waals surface area contributed by atoms with E-state index >= 15 is 0 Å². The first kappa shape index (κ1) is 24.4. The highest BCUT2D eigenvalue weighted by Gasteiger charge is 2.27. The summed E-state index contributed by atoms with van der Waals surface area (Å²) in [7, 11) is 0. The van der Waals surface area contributed by atoms with Crippen LogP contribution in [0.2, 0.25) is 0 Å². The van der Waals surface area contributed by atoms with Gasteiger partial charge < -0.3 is 10.2 Å². The quantitative estimate of drug-likeness (QED) is 0.221. The molecule has 3 heteroatoms. The minimum absolute atomic E-state index is 0.0873. The van der Waals surface area contributed by atoms with Gasteiger partial charge in [-0.3, -0.25) is 0 Å². The molecule has 0 heterocycles. The van der Waals surface area contributed by atoms with Gasteiger partial charge in [-0.15, -0.1) is 0 Å². The SMILES string of the molecule is CC(c1ccccc1)c1cc(C(c2cccc3ccccc23)c2cccc3ccccc23)cc(C(=O)O)c1O. The van der Waals surface area contributed by atoms with E-state index in [-0.39, 0.29) is 23.1 Å². The highest BCUT2D eigenvalue weighted by Crippen LogP contribution is 2.43. The van der Waals surface area contributed by atoms with E-state index in [1.165, 1.54) is 0 Å². The fourth-order valence-electron chi connectivity index (χ4n) is 5.79. The van der Waals surface area contributed by atoms with E-state index in [0.717, 1.165) is 43.8 Å². The Labute approximate surface area is 227 Å². The van der Waals surface area contributed by atoms with E-state index in [9.17, 15) is 15.0 Å². The smallest absolute Gasteiger partial charge is 0.339 e. The molecule has 1 unspecified atom stereocenters. The highest BCUT2D eigenvalue weighted by atomic mass is 16.4. The van der Waals surface area contributed by atoms with E-state index in [2.05, 4.69) is 60.7 Å². The maximum absolute atomic E-state index is 12.4. The van der Waals surface area contributed by atoms with Gasteiger partial charge in [0.1, 0.15) is 11.3 Å². The zero-order valence-electron chi connectivity index (χ0n) is 21.6. The van der Waals surface area contributed by atoms with Crippen LogP contribution in [0.3, 0.4) is 0 Å². The Bertz CT molecular complexity index is 1730. The number of aromatic carboxylic acids is 1. The number of phenols is 1. The van der Waals surface area contributed by atoms with Crippen LogP contribution >= 0.6 is 0 Å². The zero-order valence-corrected chi connectivity index (χ0v) is 21.6. The topological polar surface area (TPSA) is 57.5 Å². The lowest BCUT2D eigenvalue weighted by atomic mass is 9.78. The minimum Gasteiger partial charge on any atom is -0.507 e. The van der Waals surface area contributed by atoms with Crippen LogP contribution in [-0.4, -0.2) is 16.2 Å². The average Bonchev–Trinajstić information content (AvgIpc) is 2.98. The molecular weight excluding hydrogens is 480 g/mol. The van der Waals surface area contributed by atoms with Gasteiger partial charge in [-0.25, -0.2) is 4.79 Å². The van der Waals surface area contributed by atoms with Gasteiger partial charge in [0.25, 0.3) is 0 Å². The van der Waals surface area contributed by atoms with Crippen molar-refractivity contribution >= 4 is 27.5 Å². The van der Waals surface area contributed by atoms with Gasteiger partial charge in [-0.05, 0) is 49.9 Å². The third-order valence-corrected chi connectivity index (χ3v) is 7.76. The molecule has 2 N–H and O–H groups in total. The van der Waals surface area contributed by atoms with Gasteiger partial charge in [-0.2, -0.15) is 0 Å². The van der Waals surface area contributed by atoms with Crippen molar-refractivity contribution in [2.75, 3.05) is 0 Å². The van der Waals surface area contributed by atoms with E-state index in [1.54, 1.807) is 6.07 Å². The molecule has 0 radical (unpaired) electrons. The monoisotopic (exact) mass is 508 g/mol. The maximum atomic E-state index is 12.4. The Hall–Kier alpha value is -4.89. The zero-order chi connectivity index (χ0) is 26.9. The molecule has 0 bridgehead atoms. The standard InChI is InChI=1S/C36H28O3/c1-23(24-11-3-2-4-12-24)32-21-27(22-33(35(32)37)36(38)39)34(30-19-9-15-25-13-5-7-17-28(25)30)31-20-10-16-26-14-6-8-18-29(26)31/h2-23,34,37H,1H3,(H,38,39). The Morgan fingerprint density at radius 1 is 0.590 bits per heavy atom. The number of carbonyl (C=O) groups is 1. The van der Waals surface area contributed by atoms with Gasteiger partial charge >= 0.3 is 5.97 Å². The third kappa shape index (κ3) is 4.42. The van der Waals surface area contributed by atoms with Crippen molar-refractivity contribution in [2.24, 2.45) is 0 Å². The number of carboxylic acids is 1. The van der Waals surface area contributed by atoms with Crippen LogP contribution in [-0.2, 0) is 0 Å². The molecular formula is C36H28O3. The molecule has 0 aliphatic heterocycles. The molecule has 3 nitrogen and oxygen atoms in total. The van der Waals surface area contributed by atoms with Gasteiger partial charge in [0.15, 0.2) is 0 Å². The Morgan fingerprint density at radius 3 is 1.67 bits per heavy atom.